The number of halogens is 1. The molecule has 2 N–H and O–H groups in total. The van der Waals surface area contributed by atoms with Gasteiger partial charge in [0.25, 0.3) is 0 Å². The number of fused-ring (bicyclic) bond motifs is 1. The third-order valence-corrected chi connectivity index (χ3v) is 4.96. The summed E-state index contributed by atoms with van der Waals surface area (Å²) in [6.07, 6.45) is 3.56. The molecule has 3 heteroatoms. The van der Waals surface area contributed by atoms with E-state index in [2.05, 4.69) is 46.3 Å². The van der Waals surface area contributed by atoms with Crippen molar-refractivity contribution < 1.29 is 4.74 Å². The summed E-state index contributed by atoms with van der Waals surface area (Å²) in [7, 11) is 0. The van der Waals surface area contributed by atoms with Crippen molar-refractivity contribution in [2.24, 2.45) is 5.73 Å². The first-order chi connectivity index (χ1) is 10.2. The maximum Gasteiger partial charge on any atom is 0.126 e. The number of benzene rings is 2. The van der Waals surface area contributed by atoms with Gasteiger partial charge >= 0.3 is 0 Å². The Kier molecular flexibility index (Phi) is 3.27. The maximum absolute atomic E-state index is 6.32. The Hall–Kier alpha value is -1.32. The van der Waals surface area contributed by atoms with Gasteiger partial charge in [-0.3, -0.25) is 0 Å². The van der Waals surface area contributed by atoms with Crippen molar-refractivity contribution in [3.63, 3.8) is 0 Å². The van der Waals surface area contributed by atoms with E-state index in [1.165, 1.54) is 24.0 Å². The Labute approximate surface area is 133 Å². The zero-order chi connectivity index (χ0) is 14.4. The van der Waals surface area contributed by atoms with Gasteiger partial charge in [-0.2, -0.15) is 0 Å². The standard InChI is InChI=1S/C18H18BrNO/c19-14-7-8-15-16(20)10-17(21-18(15)9-14)13-5-3-12(4-6-13)11-1-2-11/h3-9,11,16-17H,1-2,10,20H2/t16-,17?/m0/s1. The van der Waals surface area contributed by atoms with E-state index in [0.717, 1.165) is 28.1 Å². The lowest BCUT2D eigenvalue weighted by molar-refractivity contribution is 0.161. The first kappa shape index (κ1) is 13.4. The van der Waals surface area contributed by atoms with Crippen LogP contribution in [0.25, 0.3) is 0 Å². The van der Waals surface area contributed by atoms with E-state index >= 15 is 0 Å². The summed E-state index contributed by atoms with van der Waals surface area (Å²) in [5, 5.41) is 0. The molecule has 1 fully saturated rings. The first-order valence-electron chi connectivity index (χ1n) is 7.52. The van der Waals surface area contributed by atoms with Crippen LogP contribution in [0.2, 0.25) is 0 Å². The fourth-order valence-electron chi connectivity index (χ4n) is 3.08. The molecule has 0 spiro atoms. The van der Waals surface area contributed by atoms with Crippen LogP contribution in [0.1, 0.15) is 54.0 Å². The number of ether oxygens (including phenoxy) is 1. The van der Waals surface area contributed by atoms with Gasteiger partial charge in [-0.05, 0) is 42.0 Å². The third-order valence-electron chi connectivity index (χ3n) is 4.47. The van der Waals surface area contributed by atoms with Crippen molar-refractivity contribution in [1.29, 1.82) is 0 Å². The van der Waals surface area contributed by atoms with Crippen LogP contribution in [0.15, 0.2) is 46.9 Å². The van der Waals surface area contributed by atoms with E-state index < -0.39 is 0 Å². The molecule has 0 radical (unpaired) electrons. The highest BCUT2D eigenvalue weighted by Gasteiger charge is 2.28. The molecule has 2 aromatic carbocycles. The monoisotopic (exact) mass is 343 g/mol. The molecule has 1 aliphatic carbocycles. The van der Waals surface area contributed by atoms with Crippen LogP contribution >= 0.6 is 15.9 Å². The van der Waals surface area contributed by atoms with Gasteiger partial charge in [0.05, 0.1) is 0 Å². The molecule has 2 atom stereocenters. The lowest BCUT2D eigenvalue weighted by Gasteiger charge is -2.30. The molecule has 1 saturated carbocycles. The topological polar surface area (TPSA) is 35.2 Å². The number of hydrogen-bond acceptors (Lipinski definition) is 2. The minimum Gasteiger partial charge on any atom is -0.485 e. The second-order valence-electron chi connectivity index (χ2n) is 6.07. The van der Waals surface area contributed by atoms with E-state index in [0.29, 0.717) is 0 Å². The SMILES string of the molecule is N[C@H]1CC(c2ccc(C3CC3)cc2)Oc2cc(Br)ccc21. The Balaban J connectivity index is 1.61. The molecule has 4 rings (SSSR count). The van der Waals surface area contributed by atoms with Gasteiger partial charge in [0, 0.05) is 22.5 Å². The molecule has 1 unspecified atom stereocenters. The van der Waals surface area contributed by atoms with E-state index in [4.69, 9.17) is 10.5 Å². The van der Waals surface area contributed by atoms with E-state index in [1.54, 1.807) is 0 Å². The Morgan fingerprint density at radius 1 is 1.00 bits per heavy atom. The molecular weight excluding hydrogens is 326 g/mol. The smallest absolute Gasteiger partial charge is 0.126 e. The largest absolute Gasteiger partial charge is 0.485 e. The second kappa shape index (κ2) is 5.15. The van der Waals surface area contributed by atoms with Gasteiger partial charge < -0.3 is 10.5 Å². The van der Waals surface area contributed by atoms with Crippen LogP contribution in [0.3, 0.4) is 0 Å². The minimum atomic E-state index is 0.0370. The fourth-order valence-corrected chi connectivity index (χ4v) is 3.42. The van der Waals surface area contributed by atoms with Gasteiger partial charge in [0.1, 0.15) is 11.9 Å². The van der Waals surface area contributed by atoms with Gasteiger partial charge in [-0.15, -0.1) is 0 Å². The molecule has 0 saturated heterocycles. The molecule has 2 aliphatic rings. The molecule has 0 bridgehead atoms. The highest BCUT2D eigenvalue weighted by atomic mass is 79.9. The quantitative estimate of drug-likeness (QED) is 0.845. The number of hydrogen-bond donors (Lipinski definition) is 1. The summed E-state index contributed by atoms with van der Waals surface area (Å²) in [6, 6.07) is 15.0. The molecule has 1 heterocycles. The molecule has 21 heavy (non-hydrogen) atoms. The highest BCUT2D eigenvalue weighted by molar-refractivity contribution is 9.10. The molecule has 1 aliphatic heterocycles. The molecule has 2 nitrogen and oxygen atoms in total. The van der Waals surface area contributed by atoms with Gasteiger partial charge in [-0.25, -0.2) is 0 Å². The summed E-state index contributed by atoms with van der Waals surface area (Å²) in [4.78, 5) is 0. The summed E-state index contributed by atoms with van der Waals surface area (Å²) in [5.74, 6) is 1.70. The van der Waals surface area contributed by atoms with Crippen molar-refractivity contribution in [2.75, 3.05) is 0 Å². The third kappa shape index (κ3) is 2.60. The normalized spacial score (nSPS) is 24.3. The summed E-state index contributed by atoms with van der Waals surface area (Å²) < 4.78 is 7.20. The van der Waals surface area contributed by atoms with Crippen LogP contribution in [0.4, 0.5) is 0 Å². The molecule has 2 aromatic rings. The van der Waals surface area contributed by atoms with Crippen molar-refractivity contribution in [3.8, 4) is 5.75 Å². The molecular formula is C18H18BrNO. The van der Waals surface area contributed by atoms with Gasteiger partial charge in [0.2, 0.25) is 0 Å². The van der Waals surface area contributed by atoms with Crippen LogP contribution in [0.5, 0.6) is 5.75 Å². The summed E-state index contributed by atoms with van der Waals surface area (Å²) in [5.41, 5.74) is 10.1. The van der Waals surface area contributed by atoms with E-state index in [-0.39, 0.29) is 12.1 Å². The molecule has 0 aromatic heterocycles. The predicted molar refractivity (Wildman–Crippen MR) is 87.5 cm³/mol. The van der Waals surface area contributed by atoms with Crippen LogP contribution < -0.4 is 10.5 Å². The molecule has 108 valence electrons. The van der Waals surface area contributed by atoms with Crippen molar-refractivity contribution in [3.05, 3.63) is 63.6 Å². The molecule has 0 amide bonds. The van der Waals surface area contributed by atoms with Gasteiger partial charge in [0.15, 0.2) is 0 Å². The lowest BCUT2D eigenvalue weighted by Crippen LogP contribution is -2.24. The Bertz CT molecular complexity index is 663. The average molecular weight is 344 g/mol. The summed E-state index contributed by atoms with van der Waals surface area (Å²) >= 11 is 3.50. The van der Waals surface area contributed by atoms with Crippen LogP contribution in [-0.4, -0.2) is 0 Å². The van der Waals surface area contributed by atoms with Gasteiger partial charge in [-0.1, -0.05) is 46.3 Å². The zero-order valence-corrected chi connectivity index (χ0v) is 13.3. The zero-order valence-electron chi connectivity index (χ0n) is 11.8. The van der Waals surface area contributed by atoms with Crippen molar-refractivity contribution in [1.82, 2.24) is 0 Å². The second-order valence-corrected chi connectivity index (χ2v) is 6.99. The Morgan fingerprint density at radius 2 is 1.71 bits per heavy atom. The van der Waals surface area contributed by atoms with E-state index in [1.807, 2.05) is 12.1 Å². The predicted octanol–water partition coefficient (Wildman–Crippen LogP) is 4.85. The van der Waals surface area contributed by atoms with Crippen LogP contribution in [0, 0.1) is 0 Å². The van der Waals surface area contributed by atoms with Crippen LogP contribution in [-0.2, 0) is 0 Å². The summed E-state index contributed by atoms with van der Waals surface area (Å²) in [6.45, 7) is 0. The fraction of sp³-hybridized carbons (Fsp3) is 0.333. The first-order valence-corrected chi connectivity index (χ1v) is 8.31. The highest BCUT2D eigenvalue weighted by Crippen LogP contribution is 2.43. The van der Waals surface area contributed by atoms with Crippen molar-refractivity contribution >= 4 is 15.9 Å². The van der Waals surface area contributed by atoms with Crippen molar-refractivity contribution in [2.45, 2.75) is 37.3 Å². The average Bonchev–Trinajstić information content (AvgIpc) is 3.31. The minimum absolute atomic E-state index is 0.0370. The maximum atomic E-state index is 6.32. The number of rotatable bonds is 2. The Morgan fingerprint density at radius 3 is 2.43 bits per heavy atom. The van der Waals surface area contributed by atoms with E-state index in [9.17, 15) is 0 Å². The lowest BCUT2D eigenvalue weighted by atomic mass is 9.93. The number of nitrogens with two attached hydrogens (primary N) is 1.